The smallest absolute Gasteiger partial charge is 0.00774 e. The van der Waals surface area contributed by atoms with Crippen molar-refractivity contribution in [2.24, 2.45) is 5.73 Å². The second-order valence-electron chi connectivity index (χ2n) is 1.14. The lowest BCUT2D eigenvalue weighted by Crippen LogP contribution is -1.95. The topological polar surface area (TPSA) is 233 Å². The highest BCUT2D eigenvalue weighted by molar-refractivity contribution is 4.29. The molecule has 150 valence electrons. The van der Waals surface area contributed by atoms with Gasteiger partial charge in [0.2, 0.25) is 0 Å². The summed E-state index contributed by atoms with van der Waals surface area (Å²) < 4.78 is 0. The van der Waals surface area contributed by atoms with Crippen LogP contribution in [0.3, 0.4) is 0 Å². The number of rotatable bonds is 2. The van der Waals surface area contributed by atoms with Gasteiger partial charge in [0.25, 0.3) is 0 Å². The molecule has 0 radical (unpaired) electrons. The van der Waals surface area contributed by atoms with Crippen molar-refractivity contribution < 1.29 is 5.48 Å². The fraction of sp³-hybridized carbons (Fsp3) is 1.00. The van der Waals surface area contributed by atoms with Crippen LogP contribution < -0.4 is 36.5 Å². The Balaban J connectivity index is -0.00000000462. The van der Waals surface area contributed by atoms with E-state index in [9.17, 15) is 0 Å². The molecule has 0 aromatic rings. The monoisotopic (exact) mass is 326 g/mol. The highest BCUT2D eigenvalue weighted by atomic mass is 16.0. The summed E-state index contributed by atoms with van der Waals surface area (Å²) in [7, 11) is 0. The van der Waals surface area contributed by atoms with Crippen LogP contribution >= 0.6 is 0 Å². The minimum Gasteiger partial charge on any atom is -0.412 e. The largest absolute Gasteiger partial charge is 0.412 e. The molecule has 21 heavy (non-hydrogen) atoms. The minimum absolute atomic E-state index is 0. The molecular weight excluding hydrogens is 268 g/mol. The maximum atomic E-state index is 5.14. The van der Waals surface area contributed by atoms with Crippen molar-refractivity contribution in [1.29, 1.82) is 0 Å². The van der Waals surface area contributed by atoms with Gasteiger partial charge >= 0.3 is 0 Å². The Hall–Kier alpha value is -0.280. The van der Waals surface area contributed by atoms with Gasteiger partial charge in [0.15, 0.2) is 0 Å². The Morgan fingerprint density at radius 2 is 0.667 bits per heavy atom. The molecule has 0 amide bonds. The van der Waals surface area contributed by atoms with Gasteiger partial charge in [-0.15, -0.1) is 0 Å². The second-order valence-corrected chi connectivity index (χ2v) is 1.14. The molecule has 0 aliphatic carbocycles. The SMILES string of the molecule is CC.CC.CC.CC.CC.CCCCN.N.N.N.N.N.O. The lowest BCUT2D eigenvalue weighted by molar-refractivity contribution is 0.807. The van der Waals surface area contributed by atoms with Gasteiger partial charge in [-0.3, -0.25) is 0 Å². The third-order valence-electron chi connectivity index (χ3n) is 0.558. The highest BCUT2D eigenvalue weighted by Crippen LogP contribution is 1.77. The van der Waals surface area contributed by atoms with Crippen molar-refractivity contribution in [2.45, 2.75) is 89.0 Å². The molecule has 7 heteroatoms. The Kier molecular flexibility index (Phi) is 4710. The summed E-state index contributed by atoms with van der Waals surface area (Å²) >= 11 is 0. The normalized spacial score (nSPS) is 3.43. The van der Waals surface area contributed by atoms with E-state index in [0.29, 0.717) is 0 Å². The molecule has 0 aromatic carbocycles. The van der Waals surface area contributed by atoms with E-state index in [1.165, 1.54) is 12.8 Å². The predicted octanol–water partition coefficient (Wildman–Crippen LogP) is 5.86. The lowest BCUT2D eigenvalue weighted by Gasteiger charge is -1.80. The van der Waals surface area contributed by atoms with E-state index in [4.69, 9.17) is 5.73 Å². The molecule has 0 rings (SSSR count). The number of nitrogens with two attached hydrogens (primary N) is 1. The maximum Gasteiger partial charge on any atom is -0.00774 e. The molecule has 0 atom stereocenters. The molecular formula is C14H58N6O. The first-order valence-electron chi connectivity index (χ1n) is 7.12. The average molecular weight is 327 g/mol. The Labute approximate surface area is 138 Å². The number of hydrogen-bond acceptors (Lipinski definition) is 6. The quantitative estimate of drug-likeness (QED) is 0.362. The van der Waals surface area contributed by atoms with Crippen molar-refractivity contribution >= 4 is 0 Å². The number of unbranched alkanes of at least 4 members (excludes halogenated alkanes) is 1. The zero-order chi connectivity index (χ0) is 14.1. The highest BCUT2D eigenvalue weighted by Gasteiger charge is 1.67. The molecule has 0 fully saturated rings. The minimum atomic E-state index is 0. The van der Waals surface area contributed by atoms with Gasteiger partial charge in [-0.1, -0.05) is 82.6 Å². The van der Waals surface area contributed by atoms with Crippen LogP contribution in [0.1, 0.15) is 89.0 Å². The summed E-state index contributed by atoms with van der Waals surface area (Å²) in [4.78, 5) is 0. The molecule has 0 spiro atoms. The van der Waals surface area contributed by atoms with Gasteiger partial charge in [0.1, 0.15) is 0 Å². The zero-order valence-electron chi connectivity index (χ0n) is 17.7. The van der Waals surface area contributed by atoms with Crippen LogP contribution in [0.5, 0.6) is 0 Å². The first-order valence-corrected chi connectivity index (χ1v) is 7.12. The van der Waals surface area contributed by atoms with Gasteiger partial charge in [-0.25, -0.2) is 0 Å². The average Bonchev–Trinajstić information content (AvgIpc) is 2.42. The summed E-state index contributed by atoms with van der Waals surface area (Å²) in [5.74, 6) is 0. The van der Waals surface area contributed by atoms with Crippen LogP contribution in [0.15, 0.2) is 0 Å². The number of hydrogen-bond donors (Lipinski definition) is 6. The fourth-order valence-electron chi connectivity index (χ4n) is 0.204. The van der Waals surface area contributed by atoms with E-state index < -0.39 is 0 Å². The van der Waals surface area contributed by atoms with Crippen molar-refractivity contribution in [1.82, 2.24) is 30.8 Å². The molecule has 0 heterocycles. The van der Waals surface area contributed by atoms with E-state index in [0.717, 1.165) is 6.54 Å². The molecule has 19 N–H and O–H groups in total. The molecule has 0 saturated heterocycles. The third kappa shape index (κ3) is 2090. The van der Waals surface area contributed by atoms with Gasteiger partial charge in [-0.2, -0.15) is 0 Å². The van der Waals surface area contributed by atoms with Crippen molar-refractivity contribution in [2.75, 3.05) is 6.54 Å². The first kappa shape index (κ1) is 106. The maximum absolute atomic E-state index is 5.14. The summed E-state index contributed by atoms with van der Waals surface area (Å²) in [6, 6.07) is 0. The molecule has 0 aromatic heterocycles. The fourth-order valence-corrected chi connectivity index (χ4v) is 0.204. The summed E-state index contributed by atoms with van der Waals surface area (Å²) in [6.45, 7) is 23.0. The van der Waals surface area contributed by atoms with Crippen molar-refractivity contribution in [3.63, 3.8) is 0 Å². The van der Waals surface area contributed by atoms with Gasteiger partial charge < -0.3 is 42.0 Å². The van der Waals surface area contributed by atoms with Crippen LogP contribution in [-0.4, -0.2) is 12.0 Å². The molecule has 7 nitrogen and oxygen atoms in total. The first-order chi connectivity index (χ1) is 7.41. The standard InChI is InChI=1S/C4H11N.5C2H6.5H3N.H2O/c1-2-3-4-5;5*1-2;;;;;;/h2-5H2,1H3;5*1-2H3;5*1H3;1H2. The van der Waals surface area contributed by atoms with Crippen LogP contribution in [-0.2, 0) is 0 Å². The van der Waals surface area contributed by atoms with Gasteiger partial charge in [-0.05, 0) is 13.0 Å². The van der Waals surface area contributed by atoms with E-state index in [1.54, 1.807) is 0 Å². The van der Waals surface area contributed by atoms with E-state index in [2.05, 4.69) is 6.92 Å². The van der Waals surface area contributed by atoms with Crippen LogP contribution in [0.4, 0.5) is 0 Å². The van der Waals surface area contributed by atoms with Crippen LogP contribution in [0.2, 0.25) is 0 Å². The van der Waals surface area contributed by atoms with Crippen molar-refractivity contribution in [3.8, 4) is 0 Å². The molecule has 0 aliphatic rings. The Bertz CT molecular complexity index is 30.9. The van der Waals surface area contributed by atoms with E-state index in [-0.39, 0.29) is 36.2 Å². The van der Waals surface area contributed by atoms with Crippen molar-refractivity contribution in [3.05, 3.63) is 0 Å². The Morgan fingerprint density at radius 3 is 0.667 bits per heavy atom. The zero-order valence-corrected chi connectivity index (χ0v) is 17.7. The second kappa shape index (κ2) is 934. The van der Waals surface area contributed by atoms with Crippen LogP contribution in [0.25, 0.3) is 0 Å². The predicted molar refractivity (Wildman–Crippen MR) is 109 cm³/mol. The third-order valence-corrected chi connectivity index (χ3v) is 0.558. The molecule has 0 saturated carbocycles. The van der Waals surface area contributed by atoms with E-state index >= 15 is 0 Å². The summed E-state index contributed by atoms with van der Waals surface area (Å²) in [5.41, 5.74) is 5.14. The van der Waals surface area contributed by atoms with E-state index in [1.807, 2.05) is 69.2 Å². The summed E-state index contributed by atoms with van der Waals surface area (Å²) in [6.07, 6.45) is 2.39. The van der Waals surface area contributed by atoms with Gasteiger partial charge in [0.05, 0.1) is 0 Å². The molecule has 0 bridgehead atoms. The Morgan fingerprint density at radius 1 is 0.524 bits per heavy atom. The van der Waals surface area contributed by atoms with Gasteiger partial charge in [0, 0.05) is 0 Å². The summed E-state index contributed by atoms with van der Waals surface area (Å²) in [5, 5.41) is 0. The molecule has 0 aliphatic heterocycles. The molecule has 0 unspecified atom stereocenters. The lowest BCUT2D eigenvalue weighted by atomic mass is 10.3. The van der Waals surface area contributed by atoms with Crippen LogP contribution in [0, 0.1) is 0 Å².